The average Bonchev–Trinajstić information content (AvgIpc) is 3.47. The molecule has 31 heavy (non-hydrogen) atoms. The van der Waals surface area contributed by atoms with Crippen LogP contribution in [0, 0.1) is 0 Å². The molecule has 7 nitrogen and oxygen atoms in total. The summed E-state index contributed by atoms with van der Waals surface area (Å²) in [5.74, 6) is 1.99. The van der Waals surface area contributed by atoms with Gasteiger partial charge in [0.1, 0.15) is 5.75 Å². The molecule has 0 N–H and O–H groups in total. The van der Waals surface area contributed by atoms with Crippen molar-refractivity contribution in [1.29, 1.82) is 0 Å². The van der Waals surface area contributed by atoms with Gasteiger partial charge >= 0.3 is 0 Å². The van der Waals surface area contributed by atoms with Crippen molar-refractivity contribution in [3.05, 3.63) is 52.7 Å². The molecule has 164 valence electrons. The number of hydrogen-bond donors (Lipinski definition) is 0. The summed E-state index contributed by atoms with van der Waals surface area (Å²) >= 11 is 7.49. The molecule has 1 atom stereocenters. The molecule has 0 saturated carbocycles. The van der Waals surface area contributed by atoms with Gasteiger partial charge in [0.25, 0.3) is 5.91 Å². The molecule has 1 fully saturated rings. The number of aryl methyl sites for hydroxylation is 1. The normalized spacial score (nSPS) is 15.7. The summed E-state index contributed by atoms with van der Waals surface area (Å²) in [6, 6.07) is 11.0. The van der Waals surface area contributed by atoms with Crippen LogP contribution in [-0.2, 0) is 11.2 Å². The highest BCUT2D eigenvalue weighted by molar-refractivity contribution is 7.13. The van der Waals surface area contributed by atoms with E-state index in [-0.39, 0.29) is 5.91 Å². The topological polar surface area (TPSA) is 71.7 Å². The smallest absolute Gasteiger partial charge is 0.263 e. The first-order valence-electron chi connectivity index (χ1n) is 10.4. The number of benzene rings is 1. The van der Waals surface area contributed by atoms with Crippen LogP contribution in [0.3, 0.4) is 0 Å². The first kappa shape index (κ1) is 21.8. The van der Waals surface area contributed by atoms with Gasteiger partial charge in [-0.1, -0.05) is 22.8 Å². The Morgan fingerprint density at radius 3 is 2.71 bits per heavy atom. The number of ether oxygens (including phenoxy) is 1. The molecule has 1 aliphatic heterocycles. The molecule has 3 heterocycles. The molecule has 1 unspecified atom stereocenters. The number of piperazine rings is 1. The van der Waals surface area contributed by atoms with Gasteiger partial charge in [-0.05, 0) is 55.6 Å². The van der Waals surface area contributed by atoms with E-state index in [1.54, 1.807) is 42.5 Å². The summed E-state index contributed by atoms with van der Waals surface area (Å²) < 4.78 is 11.1. The predicted molar refractivity (Wildman–Crippen MR) is 120 cm³/mol. The second-order valence-corrected chi connectivity index (χ2v) is 8.86. The van der Waals surface area contributed by atoms with E-state index >= 15 is 0 Å². The lowest BCUT2D eigenvalue weighted by molar-refractivity contribution is -0.139. The van der Waals surface area contributed by atoms with Gasteiger partial charge in [-0.2, -0.15) is 4.98 Å². The number of hydrogen-bond acceptors (Lipinski definition) is 7. The van der Waals surface area contributed by atoms with Gasteiger partial charge in [-0.3, -0.25) is 9.69 Å². The van der Waals surface area contributed by atoms with Crippen LogP contribution in [0.1, 0.15) is 19.2 Å². The van der Waals surface area contributed by atoms with E-state index in [4.69, 9.17) is 20.9 Å². The van der Waals surface area contributed by atoms with Crippen LogP contribution in [0.4, 0.5) is 0 Å². The Hall–Kier alpha value is -2.42. The summed E-state index contributed by atoms with van der Waals surface area (Å²) in [5, 5.41) is 6.70. The quantitative estimate of drug-likeness (QED) is 0.506. The third kappa shape index (κ3) is 5.84. The lowest BCUT2D eigenvalue weighted by Crippen LogP contribution is -2.52. The summed E-state index contributed by atoms with van der Waals surface area (Å²) in [6.07, 6.45) is 1.17. The van der Waals surface area contributed by atoms with Gasteiger partial charge in [0.2, 0.25) is 11.7 Å². The van der Waals surface area contributed by atoms with Crippen molar-refractivity contribution >= 4 is 28.8 Å². The molecule has 2 aromatic heterocycles. The molecule has 4 rings (SSSR count). The Balaban J connectivity index is 1.17. The van der Waals surface area contributed by atoms with Crippen molar-refractivity contribution in [2.45, 2.75) is 25.9 Å². The van der Waals surface area contributed by atoms with Crippen LogP contribution in [0.2, 0.25) is 5.02 Å². The van der Waals surface area contributed by atoms with Crippen molar-refractivity contribution in [3.63, 3.8) is 0 Å². The van der Waals surface area contributed by atoms with Gasteiger partial charge < -0.3 is 14.2 Å². The minimum absolute atomic E-state index is 0.0153. The molecular weight excluding hydrogens is 436 g/mol. The Bertz CT molecular complexity index is 969. The first-order chi connectivity index (χ1) is 15.1. The zero-order chi connectivity index (χ0) is 21.6. The maximum Gasteiger partial charge on any atom is 0.263 e. The monoisotopic (exact) mass is 460 g/mol. The number of amides is 1. The maximum atomic E-state index is 12.7. The van der Waals surface area contributed by atoms with Gasteiger partial charge in [0, 0.05) is 37.6 Å². The van der Waals surface area contributed by atoms with Gasteiger partial charge in [0.15, 0.2) is 6.10 Å². The van der Waals surface area contributed by atoms with E-state index in [0.29, 0.717) is 35.6 Å². The number of nitrogens with zero attached hydrogens (tertiary/aromatic N) is 4. The van der Waals surface area contributed by atoms with Crippen molar-refractivity contribution in [3.8, 4) is 16.5 Å². The molecule has 1 saturated heterocycles. The predicted octanol–water partition coefficient (Wildman–Crippen LogP) is 4.00. The molecule has 1 amide bonds. The third-order valence-corrected chi connectivity index (χ3v) is 6.35. The second kappa shape index (κ2) is 10.3. The largest absolute Gasteiger partial charge is 0.481 e. The summed E-state index contributed by atoms with van der Waals surface area (Å²) in [5.41, 5.74) is 0. The third-order valence-electron chi connectivity index (χ3n) is 5.23. The van der Waals surface area contributed by atoms with Crippen molar-refractivity contribution in [1.82, 2.24) is 19.9 Å². The Kier molecular flexibility index (Phi) is 7.21. The number of aromatic nitrogens is 2. The van der Waals surface area contributed by atoms with Crippen molar-refractivity contribution < 1.29 is 14.1 Å². The number of carbonyl (C=O) groups is 1. The SMILES string of the molecule is CC(Oc1ccc(Cl)cc1)C(=O)N1CCN(CCCc2nc(-c3cccs3)no2)CC1. The van der Waals surface area contributed by atoms with E-state index in [1.165, 1.54) is 0 Å². The van der Waals surface area contributed by atoms with E-state index in [1.807, 2.05) is 22.4 Å². The molecule has 0 bridgehead atoms. The van der Waals surface area contributed by atoms with Crippen LogP contribution in [0.15, 0.2) is 46.3 Å². The van der Waals surface area contributed by atoms with Crippen LogP contribution >= 0.6 is 22.9 Å². The lowest BCUT2D eigenvalue weighted by atomic mass is 10.2. The lowest BCUT2D eigenvalue weighted by Gasteiger charge is -2.35. The Morgan fingerprint density at radius 2 is 2.00 bits per heavy atom. The van der Waals surface area contributed by atoms with Gasteiger partial charge in [-0.25, -0.2) is 0 Å². The molecule has 1 aromatic carbocycles. The summed E-state index contributed by atoms with van der Waals surface area (Å²) in [7, 11) is 0. The highest BCUT2D eigenvalue weighted by atomic mass is 35.5. The van der Waals surface area contributed by atoms with Gasteiger partial charge in [-0.15, -0.1) is 11.3 Å². The average molecular weight is 461 g/mol. The zero-order valence-corrected chi connectivity index (χ0v) is 18.9. The van der Waals surface area contributed by atoms with E-state index in [0.717, 1.165) is 37.4 Å². The number of rotatable bonds is 8. The molecule has 0 radical (unpaired) electrons. The number of halogens is 1. The van der Waals surface area contributed by atoms with E-state index in [9.17, 15) is 4.79 Å². The molecule has 0 aliphatic carbocycles. The first-order valence-corrected chi connectivity index (χ1v) is 11.6. The summed E-state index contributed by atoms with van der Waals surface area (Å²) in [4.78, 5) is 22.4. The molecule has 3 aromatic rings. The summed E-state index contributed by atoms with van der Waals surface area (Å²) in [6.45, 7) is 5.84. The molecule has 9 heteroatoms. The van der Waals surface area contributed by atoms with E-state index in [2.05, 4.69) is 15.0 Å². The Morgan fingerprint density at radius 1 is 1.23 bits per heavy atom. The fraction of sp³-hybridized carbons (Fsp3) is 0.409. The van der Waals surface area contributed by atoms with Crippen LogP contribution in [-0.4, -0.2) is 64.7 Å². The highest BCUT2D eigenvalue weighted by Gasteiger charge is 2.26. The fourth-order valence-electron chi connectivity index (χ4n) is 3.53. The number of thiophene rings is 1. The maximum absolute atomic E-state index is 12.7. The van der Waals surface area contributed by atoms with Crippen molar-refractivity contribution in [2.24, 2.45) is 0 Å². The van der Waals surface area contributed by atoms with Crippen LogP contribution < -0.4 is 4.74 Å². The Labute approximate surface area is 190 Å². The molecular formula is C22H25ClN4O3S. The minimum atomic E-state index is -0.525. The zero-order valence-electron chi connectivity index (χ0n) is 17.4. The highest BCUT2D eigenvalue weighted by Crippen LogP contribution is 2.22. The number of carbonyl (C=O) groups excluding carboxylic acids is 1. The molecule has 1 aliphatic rings. The van der Waals surface area contributed by atoms with Crippen LogP contribution in [0.25, 0.3) is 10.7 Å². The second-order valence-electron chi connectivity index (χ2n) is 7.47. The van der Waals surface area contributed by atoms with Crippen molar-refractivity contribution in [2.75, 3.05) is 32.7 Å². The molecule has 0 spiro atoms. The minimum Gasteiger partial charge on any atom is -0.481 e. The van der Waals surface area contributed by atoms with E-state index < -0.39 is 6.10 Å². The van der Waals surface area contributed by atoms with Gasteiger partial charge in [0.05, 0.1) is 4.88 Å². The fourth-order valence-corrected chi connectivity index (χ4v) is 4.31. The van der Waals surface area contributed by atoms with Crippen LogP contribution in [0.5, 0.6) is 5.75 Å². The standard InChI is InChI=1S/C22H25ClN4O3S/c1-16(29-18-8-6-17(23)7-9-18)22(28)27-13-11-26(12-14-27)10-2-5-20-24-21(25-30-20)19-4-3-15-31-19/h3-4,6-9,15-16H,2,5,10-14H2,1H3.